The molecular formula is C14H14CoO2-6. The van der Waals surface area contributed by atoms with E-state index in [2.05, 4.69) is 0 Å². The van der Waals surface area contributed by atoms with Crippen LogP contribution >= 0.6 is 0 Å². The molecule has 0 aromatic heterocycles. The molecule has 0 amide bonds. The van der Waals surface area contributed by atoms with Crippen molar-refractivity contribution in [2.45, 2.75) is 13.8 Å². The standard InChI is InChI=1S/2C7H7O.Co/c2*1-6(8)7-4-2-3-5-7;/h2*2-5H,1H3;/q-5;-1;. The molecule has 0 unspecified atom stereocenters. The first-order valence-corrected chi connectivity index (χ1v) is 5.06. The number of hydrogen-bond acceptors (Lipinski definition) is 2. The largest absolute Gasteiger partial charge is 0.718 e. The molecule has 0 saturated heterocycles. The first kappa shape index (κ1) is 15.5. The van der Waals surface area contributed by atoms with Crippen LogP contribution in [0.2, 0.25) is 0 Å². The maximum atomic E-state index is 10.5. The van der Waals surface area contributed by atoms with Crippen LogP contribution in [-0.4, -0.2) is 11.6 Å². The van der Waals surface area contributed by atoms with Gasteiger partial charge < -0.3 is 39.4 Å². The van der Waals surface area contributed by atoms with Gasteiger partial charge in [-0.05, 0) is 6.92 Å². The van der Waals surface area contributed by atoms with Crippen LogP contribution in [0.25, 0.3) is 0 Å². The number of carbonyl (C=O) groups is 2. The van der Waals surface area contributed by atoms with Crippen molar-refractivity contribution >= 4 is 11.6 Å². The van der Waals surface area contributed by atoms with Gasteiger partial charge in [0, 0.05) is 16.8 Å². The number of Topliss-reactive ketones (excluding diaryl/α,β-unsaturated/α-hetero) is 2. The third kappa shape index (κ3) is 5.42. The minimum absolute atomic E-state index is 0. The molecule has 2 aromatic rings. The molecule has 0 aliphatic rings. The van der Waals surface area contributed by atoms with Crippen molar-refractivity contribution in [3.05, 3.63) is 59.7 Å². The summed E-state index contributed by atoms with van der Waals surface area (Å²) in [4.78, 5) is 21.0. The Morgan fingerprint density at radius 2 is 1.41 bits per heavy atom. The van der Waals surface area contributed by atoms with Crippen molar-refractivity contribution < 1.29 is 26.4 Å². The summed E-state index contributed by atoms with van der Waals surface area (Å²) in [5.41, 5.74) is 1.59. The van der Waals surface area contributed by atoms with Gasteiger partial charge >= 0.3 is 0 Å². The van der Waals surface area contributed by atoms with Crippen LogP contribution < -0.4 is 0 Å². The monoisotopic (exact) mass is 273 g/mol. The van der Waals surface area contributed by atoms with E-state index in [4.69, 9.17) is 0 Å². The maximum Gasteiger partial charge on any atom is 0.105 e. The molecule has 2 rings (SSSR count). The summed E-state index contributed by atoms with van der Waals surface area (Å²) in [6.07, 6.45) is 0. The minimum atomic E-state index is 0. The van der Waals surface area contributed by atoms with Gasteiger partial charge in [0.2, 0.25) is 0 Å². The van der Waals surface area contributed by atoms with Crippen molar-refractivity contribution in [2.24, 2.45) is 0 Å². The van der Waals surface area contributed by atoms with E-state index >= 15 is 0 Å². The average molecular weight is 273 g/mol. The summed E-state index contributed by atoms with van der Waals surface area (Å²) in [7, 11) is 0. The molecule has 3 heteroatoms. The van der Waals surface area contributed by atoms with E-state index in [9.17, 15) is 9.59 Å². The maximum absolute atomic E-state index is 10.5. The Morgan fingerprint density at radius 3 is 1.65 bits per heavy atom. The quantitative estimate of drug-likeness (QED) is 0.622. The van der Waals surface area contributed by atoms with Crippen LogP contribution in [0.4, 0.5) is 0 Å². The number of carbonyl (C=O) groups excluding carboxylic acids is 2. The predicted octanol–water partition coefficient (Wildman–Crippen LogP) is 3.21. The minimum Gasteiger partial charge on any atom is -0.718 e. The second-order valence-electron chi connectivity index (χ2n) is 3.46. The third-order valence-electron chi connectivity index (χ3n) is 2.14. The number of hydrogen-bond donors (Lipinski definition) is 0. The van der Waals surface area contributed by atoms with Crippen LogP contribution in [0.15, 0.2) is 48.5 Å². The molecule has 1 radical (unpaired) electrons. The first-order valence-electron chi connectivity index (χ1n) is 5.06. The van der Waals surface area contributed by atoms with Gasteiger partial charge in [0.15, 0.2) is 0 Å². The molecular weight excluding hydrogens is 259 g/mol. The van der Waals surface area contributed by atoms with Crippen molar-refractivity contribution in [2.75, 3.05) is 0 Å². The van der Waals surface area contributed by atoms with Gasteiger partial charge in [-0.25, -0.2) is 12.1 Å². The Bertz CT molecular complexity index is 394. The van der Waals surface area contributed by atoms with E-state index in [1.165, 1.54) is 0 Å². The summed E-state index contributed by atoms with van der Waals surface area (Å²) >= 11 is 0. The molecule has 0 saturated carbocycles. The molecule has 0 heterocycles. The molecule has 2 aromatic carbocycles. The van der Waals surface area contributed by atoms with Crippen molar-refractivity contribution in [3.63, 3.8) is 0 Å². The summed E-state index contributed by atoms with van der Waals surface area (Å²) in [6.45, 7) is 3.13. The molecule has 0 spiro atoms. The van der Waals surface area contributed by atoms with E-state index in [-0.39, 0.29) is 28.3 Å². The topological polar surface area (TPSA) is 34.1 Å². The smallest absolute Gasteiger partial charge is 0.105 e. The van der Waals surface area contributed by atoms with Gasteiger partial charge in [-0.3, -0.25) is 5.78 Å². The van der Waals surface area contributed by atoms with Crippen LogP contribution in [-0.2, 0) is 16.8 Å². The summed E-state index contributed by atoms with van der Waals surface area (Å²) in [6, 6.07) is 14.7. The Hall–Kier alpha value is -1.45. The van der Waals surface area contributed by atoms with E-state index in [0.29, 0.717) is 0 Å². The van der Waals surface area contributed by atoms with E-state index < -0.39 is 0 Å². The molecule has 2 nitrogen and oxygen atoms in total. The Balaban J connectivity index is 0.000000284. The van der Waals surface area contributed by atoms with Gasteiger partial charge in [-0.2, -0.15) is 12.1 Å². The van der Waals surface area contributed by atoms with E-state index in [0.717, 1.165) is 11.1 Å². The van der Waals surface area contributed by atoms with Gasteiger partial charge in [-0.15, -0.1) is 6.92 Å². The van der Waals surface area contributed by atoms with E-state index in [1.807, 2.05) is 48.5 Å². The normalized spacial score (nSPS) is 8.59. The molecule has 17 heavy (non-hydrogen) atoms. The third-order valence-corrected chi connectivity index (χ3v) is 2.14. The van der Waals surface area contributed by atoms with Crippen LogP contribution in [0.1, 0.15) is 34.6 Å². The summed E-state index contributed by atoms with van der Waals surface area (Å²) < 4.78 is 0. The van der Waals surface area contributed by atoms with Crippen molar-refractivity contribution in [3.8, 4) is 0 Å². The summed E-state index contributed by atoms with van der Waals surface area (Å²) in [5.74, 6) is 0.269. The van der Waals surface area contributed by atoms with Crippen molar-refractivity contribution in [1.82, 2.24) is 0 Å². The molecule has 0 bridgehead atoms. The second kappa shape index (κ2) is 7.76. The fourth-order valence-electron chi connectivity index (χ4n) is 1.22. The first-order chi connectivity index (χ1) is 7.61. The summed E-state index contributed by atoms with van der Waals surface area (Å²) in [5, 5.41) is 0. The zero-order chi connectivity index (χ0) is 12.0. The fraction of sp³-hybridized carbons (Fsp3) is 0.143. The molecule has 0 aliphatic heterocycles. The number of rotatable bonds is 2. The molecule has 0 N–H and O–H groups in total. The molecule has 0 atom stereocenters. The Morgan fingerprint density at radius 1 is 0.941 bits per heavy atom. The average Bonchev–Trinajstić information content (AvgIpc) is 2.93. The second-order valence-corrected chi connectivity index (χ2v) is 3.46. The number of ketones is 2. The molecule has 0 fully saturated rings. The van der Waals surface area contributed by atoms with Crippen LogP contribution in [0, 0.1) is 0 Å². The van der Waals surface area contributed by atoms with E-state index in [1.54, 1.807) is 13.8 Å². The van der Waals surface area contributed by atoms with Crippen molar-refractivity contribution in [1.29, 1.82) is 0 Å². The molecule has 97 valence electrons. The zero-order valence-electron chi connectivity index (χ0n) is 9.77. The Kier molecular flexibility index (Phi) is 7.10. The van der Waals surface area contributed by atoms with Gasteiger partial charge in [-0.1, -0.05) is 5.56 Å². The fourth-order valence-corrected chi connectivity index (χ4v) is 1.22. The van der Waals surface area contributed by atoms with Crippen LogP contribution in [0.5, 0.6) is 0 Å². The van der Waals surface area contributed by atoms with Gasteiger partial charge in [0.1, 0.15) is 5.78 Å². The zero-order valence-corrected chi connectivity index (χ0v) is 10.8. The predicted molar refractivity (Wildman–Crippen MR) is 64.1 cm³/mol. The van der Waals surface area contributed by atoms with Gasteiger partial charge in [0.25, 0.3) is 0 Å². The van der Waals surface area contributed by atoms with Crippen LogP contribution in [0.3, 0.4) is 0 Å². The Labute approximate surface area is 112 Å². The van der Waals surface area contributed by atoms with Gasteiger partial charge in [0.05, 0.1) is 0 Å². The molecule has 0 aliphatic carbocycles. The SMILES string of the molecule is CC(=O)[c-]1[cH-][cH-][cH-][cH-]1.CC(=O)[c-]1cccc1.[Co].